The third-order valence-electron chi connectivity index (χ3n) is 1.67. The number of sulfone groups is 1. The summed E-state index contributed by atoms with van der Waals surface area (Å²) in [4.78, 5) is 10.7. The molecular formula is C11H16O4S. The molecule has 5 heteroatoms. The minimum atomic E-state index is -3.20. The molecule has 0 heterocycles. The van der Waals surface area contributed by atoms with Gasteiger partial charge in [0.25, 0.3) is 0 Å². The summed E-state index contributed by atoms with van der Waals surface area (Å²) in [6.45, 7) is 4.00. The van der Waals surface area contributed by atoms with Crippen molar-refractivity contribution in [3.63, 3.8) is 0 Å². The lowest BCUT2D eigenvalue weighted by atomic mass is 10.1. The van der Waals surface area contributed by atoms with E-state index in [1.165, 1.54) is 12.1 Å². The van der Waals surface area contributed by atoms with Crippen LogP contribution in [0.2, 0.25) is 0 Å². The lowest BCUT2D eigenvalue weighted by Gasteiger charge is -2.03. The van der Waals surface area contributed by atoms with E-state index in [4.69, 9.17) is 5.11 Å². The van der Waals surface area contributed by atoms with Gasteiger partial charge in [0.15, 0.2) is 9.84 Å². The van der Waals surface area contributed by atoms with Crippen molar-refractivity contribution in [2.75, 3.05) is 6.26 Å². The molecule has 0 atom stereocenters. The van der Waals surface area contributed by atoms with E-state index < -0.39 is 15.8 Å². The molecule has 1 aromatic carbocycles. The number of hydrogen-bond acceptors (Lipinski definition) is 3. The van der Waals surface area contributed by atoms with Gasteiger partial charge in [-0.3, -0.25) is 0 Å². The van der Waals surface area contributed by atoms with Crippen LogP contribution in [0.25, 0.3) is 0 Å². The van der Waals surface area contributed by atoms with Gasteiger partial charge in [0.05, 0.1) is 11.3 Å². The Hall–Kier alpha value is -1.36. The van der Waals surface area contributed by atoms with E-state index in [9.17, 15) is 13.2 Å². The quantitative estimate of drug-likeness (QED) is 0.882. The molecule has 0 aliphatic heterocycles. The maximum Gasteiger partial charge on any atom is 0.335 e. The fourth-order valence-corrected chi connectivity index (χ4v) is 1.95. The van der Waals surface area contributed by atoms with Gasteiger partial charge in [-0.2, -0.15) is 0 Å². The second-order valence-electron chi connectivity index (χ2n) is 3.03. The molecule has 0 spiro atoms. The van der Waals surface area contributed by atoms with Crippen LogP contribution in [0.5, 0.6) is 0 Å². The number of carbonyl (C=O) groups is 1. The first kappa shape index (κ1) is 14.6. The molecular weight excluding hydrogens is 228 g/mol. The highest BCUT2D eigenvalue weighted by Gasteiger charge is 2.12. The zero-order valence-corrected chi connectivity index (χ0v) is 10.4. The summed E-state index contributed by atoms with van der Waals surface area (Å²) in [6.07, 6.45) is 1.08. The molecule has 90 valence electrons. The zero-order chi connectivity index (χ0) is 12.8. The number of carboxylic acids is 1. The normalized spacial score (nSPS) is 10.2. The topological polar surface area (TPSA) is 71.4 Å². The Balaban J connectivity index is 0.00000106. The molecule has 1 aromatic rings. The van der Waals surface area contributed by atoms with Crippen molar-refractivity contribution in [1.29, 1.82) is 0 Å². The Morgan fingerprint density at radius 3 is 2.19 bits per heavy atom. The molecule has 0 aliphatic rings. The fraction of sp³-hybridized carbons (Fsp3) is 0.364. The van der Waals surface area contributed by atoms with E-state index in [0.717, 1.165) is 6.26 Å². The van der Waals surface area contributed by atoms with E-state index in [1.54, 1.807) is 12.1 Å². The smallest absolute Gasteiger partial charge is 0.335 e. The zero-order valence-electron chi connectivity index (χ0n) is 9.60. The van der Waals surface area contributed by atoms with Crippen molar-refractivity contribution in [1.82, 2.24) is 0 Å². The van der Waals surface area contributed by atoms with Crippen LogP contribution in [0.15, 0.2) is 24.3 Å². The standard InChI is InChI=1S/C9H10O4S.C2H6/c1-14(12,13)6-7-4-2-3-5-8(7)9(10)11;1-2/h2-5H,6H2,1H3,(H,10,11);1-2H3. The van der Waals surface area contributed by atoms with Crippen LogP contribution in [-0.2, 0) is 15.6 Å². The van der Waals surface area contributed by atoms with Gasteiger partial charge in [-0.05, 0) is 11.6 Å². The Kier molecular flexibility index (Phi) is 5.74. The van der Waals surface area contributed by atoms with Gasteiger partial charge in [0.1, 0.15) is 0 Å². The summed E-state index contributed by atoms with van der Waals surface area (Å²) in [5.41, 5.74) is 0.362. The van der Waals surface area contributed by atoms with Crippen LogP contribution in [0.3, 0.4) is 0 Å². The number of carboxylic acid groups (broad SMARTS) is 1. The Bertz CT molecular complexity index is 449. The molecule has 0 saturated carbocycles. The first-order valence-corrected chi connectivity index (χ1v) is 6.95. The van der Waals surface area contributed by atoms with Crippen LogP contribution in [-0.4, -0.2) is 25.7 Å². The van der Waals surface area contributed by atoms with E-state index in [1.807, 2.05) is 13.8 Å². The maximum absolute atomic E-state index is 11.0. The van der Waals surface area contributed by atoms with Crippen molar-refractivity contribution in [2.45, 2.75) is 19.6 Å². The van der Waals surface area contributed by atoms with Crippen LogP contribution in [0, 0.1) is 0 Å². The van der Waals surface area contributed by atoms with Gasteiger partial charge in [-0.1, -0.05) is 32.0 Å². The van der Waals surface area contributed by atoms with Gasteiger partial charge in [0.2, 0.25) is 0 Å². The van der Waals surface area contributed by atoms with Crippen molar-refractivity contribution in [3.05, 3.63) is 35.4 Å². The van der Waals surface area contributed by atoms with Crippen LogP contribution in [0.1, 0.15) is 29.8 Å². The lowest BCUT2D eigenvalue weighted by molar-refractivity contribution is 0.0696. The molecule has 0 fully saturated rings. The summed E-state index contributed by atoms with van der Waals surface area (Å²) in [5, 5.41) is 8.77. The number of rotatable bonds is 3. The first-order valence-electron chi connectivity index (χ1n) is 4.89. The molecule has 0 amide bonds. The molecule has 0 aromatic heterocycles. The van der Waals surface area contributed by atoms with Gasteiger partial charge < -0.3 is 5.11 Å². The molecule has 0 unspecified atom stereocenters. The molecule has 1 N–H and O–H groups in total. The minimum Gasteiger partial charge on any atom is -0.478 e. The van der Waals surface area contributed by atoms with Crippen molar-refractivity contribution < 1.29 is 18.3 Å². The SMILES string of the molecule is CC.CS(=O)(=O)Cc1ccccc1C(=O)O. The van der Waals surface area contributed by atoms with E-state index in [-0.39, 0.29) is 11.3 Å². The maximum atomic E-state index is 11.0. The lowest BCUT2D eigenvalue weighted by Crippen LogP contribution is -2.07. The van der Waals surface area contributed by atoms with Crippen LogP contribution < -0.4 is 0 Å². The Morgan fingerprint density at radius 2 is 1.75 bits per heavy atom. The van der Waals surface area contributed by atoms with Gasteiger partial charge in [0, 0.05) is 6.26 Å². The third kappa shape index (κ3) is 4.93. The molecule has 16 heavy (non-hydrogen) atoms. The monoisotopic (exact) mass is 244 g/mol. The van der Waals surface area contributed by atoms with E-state index in [0.29, 0.717) is 5.56 Å². The molecule has 0 bridgehead atoms. The largest absolute Gasteiger partial charge is 0.478 e. The van der Waals surface area contributed by atoms with Gasteiger partial charge >= 0.3 is 5.97 Å². The molecule has 4 nitrogen and oxygen atoms in total. The first-order chi connectivity index (χ1) is 7.40. The van der Waals surface area contributed by atoms with Crippen LogP contribution >= 0.6 is 0 Å². The van der Waals surface area contributed by atoms with E-state index in [2.05, 4.69) is 0 Å². The van der Waals surface area contributed by atoms with Crippen molar-refractivity contribution >= 4 is 15.8 Å². The summed E-state index contributed by atoms with van der Waals surface area (Å²) in [5.74, 6) is -1.35. The summed E-state index contributed by atoms with van der Waals surface area (Å²) >= 11 is 0. The summed E-state index contributed by atoms with van der Waals surface area (Å²) in [6, 6.07) is 6.08. The number of aromatic carboxylic acids is 1. The van der Waals surface area contributed by atoms with Gasteiger partial charge in [-0.25, -0.2) is 13.2 Å². The van der Waals surface area contributed by atoms with E-state index >= 15 is 0 Å². The summed E-state index contributed by atoms with van der Waals surface area (Å²) in [7, 11) is -3.20. The van der Waals surface area contributed by atoms with Crippen LogP contribution in [0.4, 0.5) is 0 Å². The number of benzene rings is 1. The highest BCUT2D eigenvalue weighted by Crippen LogP contribution is 2.11. The number of hydrogen-bond donors (Lipinski definition) is 1. The molecule has 0 aliphatic carbocycles. The second kappa shape index (κ2) is 6.27. The highest BCUT2D eigenvalue weighted by atomic mass is 32.2. The predicted molar refractivity (Wildman–Crippen MR) is 63.3 cm³/mol. The predicted octanol–water partition coefficient (Wildman–Crippen LogP) is 1.96. The Morgan fingerprint density at radius 1 is 1.25 bits per heavy atom. The molecule has 0 saturated heterocycles. The second-order valence-corrected chi connectivity index (χ2v) is 5.17. The average Bonchev–Trinajstić information content (AvgIpc) is 2.19. The fourth-order valence-electron chi connectivity index (χ4n) is 1.14. The molecule has 1 rings (SSSR count). The average molecular weight is 244 g/mol. The molecule has 0 radical (unpaired) electrons. The van der Waals surface area contributed by atoms with Crippen molar-refractivity contribution in [2.24, 2.45) is 0 Å². The summed E-state index contributed by atoms with van der Waals surface area (Å²) < 4.78 is 22.0. The highest BCUT2D eigenvalue weighted by molar-refractivity contribution is 7.89. The Labute approximate surface area is 95.8 Å². The third-order valence-corrected chi connectivity index (χ3v) is 2.50. The van der Waals surface area contributed by atoms with Gasteiger partial charge in [-0.15, -0.1) is 0 Å². The van der Waals surface area contributed by atoms with Crippen molar-refractivity contribution in [3.8, 4) is 0 Å². The minimum absolute atomic E-state index is 0.0397.